The van der Waals surface area contributed by atoms with Crippen LogP contribution in [0.5, 0.6) is 17.2 Å². The van der Waals surface area contributed by atoms with E-state index in [1.54, 1.807) is 20.4 Å². The lowest BCUT2D eigenvalue weighted by molar-refractivity contribution is 0.379. The first kappa shape index (κ1) is 23.5. The standard InChI is InChI=1S/C22H27N5O2.HI/c1-23-22(24-13-5-15-27-16-6-14-26-27)25-17-18-9-11-19(12-10-18)29-21-8-4-3-7-20(21)28-2;/h3-4,6-12,14,16H,5,13,15,17H2,1-2H3,(H2,23,24,25);1H. The number of methoxy groups -OCH3 is 1. The van der Waals surface area contributed by atoms with Gasteiger partial charge in [0.25, 0.3) is 0 Å². The number of nitrogens with zero attached hydrogens (tertiary/aromatic N) is 3. The maximum Gasteiger partial charge on any atom is 0.191 e. The van der Waals surface area contributed by atoms with Gasteiger partial charge in [0.15, 0.2) is 17.5 Å². The van der Waals surface area contributed by atoms with Crippen LogP contribution in [0.1, 0.15) is 12.0 Å². The summed E-state index contributed by atoms with van der Waals surface area (Å²) in [7, 11) is 3.41. The monoisotopic (exact) mass is 521 g/mol. The molecular weight excluding hydrogens is 493 g/mol. The average Bonchev–Trinajstić information content (AvgIpc) is 3.28. The number of hydrogen-bond acceptors (Lipinski definition) is 4. The number of hydrogen-bond donors (Lipinski definition) is 2. The summed E-state index contributed by atoms with van der Waals surface area (Å²) in [5, 5.41) is 10.8. The lowest BCUT2D eigenvalue weighted by Crippen LogP contribution is -2.37. The minimum absolute atomic E-state index is 0. The van der Waals surface area contributed by atoms with Crippen LogP contribution in [0.4, 0.5) is 0 Å². The van der Waals surface area contributed by atoms with Crippen LogP contribution < -0.4 is 20.1 Å². The number of benzene rings is 2. The van der Waals surface area contributed by atoms with Crippen molar-refractivity contribution in [3.05, 3.63) is 72.6 Å². The molecular formula is C22H28IN5O2. The molecule has 0 bridgehead atoms. The van der Waals surface area contributed by atoms with Gasteiger partial charge >= 0.3 is 0 Å². The predicted molar refractivity (Wildman–Crippen MR) is 130 cm³/mol. The van der Waals surface area contributed by atoms with Crippen molar-refractivity contribution in [1.29, 1.82) is 0 Å². The number of aryl methyl sites for hydroxylation is 1. The first-order valence-electron chi connectivity index (χ1n) is 9.60. The molecule has 0 fully saturated rings. The molecule has 0 saturated heterocycles. The summed E-state index contributed by atoms with van der Waals surface area (Å²) in [5.74, 6) is 2.94. The lowest BCUT2D eigenvalue weighted by Gasteiger charge is -2.13. The van der Waals surface area contributed by atoms with Crippen LogP contribution in [-0.4, -0.2) is 36.4 Å². The van der Waals surface area contributed by atoms with Gasteiger partial charge in [0.1, 0.15) is 5.75 Å². The molecule has 7 nitrogen and oxygen atoms in total. The van der Waals surface area contributed by atoms with Gasteiger partial charge in [-0.3, -0.25) is 9.67 Å². The van der Waals surface area contributed by atoms with Gasteiger partial charge < -0.3 is 20.1 Å². The molecule has 8 heteroatoms. The number of rotatable bonds is 9. The number of ether oxygens (including phenoxy) is 2. The normalized spacial score (nSPS) is 10.8. The van der Waals surface area contributed by atoms with Crippen molar-refractivity contribution in [2.75, 3.05) is 20.7 Å². The fourth-order valence-electron chi connectivity index (χ4n) is 2.79. The van der Waals surface area contributed by atoms with Crippen LogP contribution >= 0.6 is 24.0 Å². The van der Waals surface area contributed by atoms with Crippen LogP contribution in [0, 0.1) is 0 Å². The van der Waals surface area contributed by atoms with E-state index >= 15 is 0 Å². The number of guanidine groups is 1. The van der Waals surface area contributed by atoms with Crippen LogP contribution in [0.25, 0.3) is 0 Å². The highest BCUT2D eigenvalue weighted by atomic mass is 127. The smallest absolute Gasteiger partial charge is 0.191 e. The minimum Gasteiger partial charge on any atom is -0.493 e. The first-order valence-corrected chi connectivity index (χ1v) is 9.60. The number of para-hydroxylation sites is 2. The molecule has 0 aliphatic rings. The minimum atomic E-state index is 0. The zero-order chi connectivity index (χ0) is 20.3. The molecule has 160 valence electrons. The zero-order valence-corrected chi connectivity index (χ0v) is 19.6. The summed E-state index contributed by atoms with van der Waals surface area (Å²) >= 11 is 0. The Morgan fingerprint density at radius 1 is 1.03 bits per heavy atom. The van der Waals surface area contributed by atoms with E-state index in [0.717, 1.165) is 36.8 Å². The zero-order valence-electron chi connectivity index (χ0n) is 17.2. The van der Waals surface area contributed by atoms with Gasteiger partial charge in [0.2, 0.25) is 0 Å². The molecule has 0 aliphatic heterocycles. The number of aliphatic imine (C=N–C) groups is 1. The van der Waals surface area contributed by atoms with Crippen molar-refractivity contribution in [3.63, 3.8) is 0 Å². The van der Waals surface area contributed by atoms with Gasteiger partial charge in [0.05, 0.1) is 7.11 Å². The molecule has 0 atom stereocenters. The van der Waals surface area contributed by atoms with E-state index in [4.69, 9.17) is 9.47 Å². The van der Waals surface area contributed by atoms with Gasteiger partial charge in [-0.05, 0) is 42.3 Å². The fraction of sp³-hybridized carbons (Fsp3) is 0.273. The second-order valence-corrected chi connectivity index (χ2v) is 6.37. The maximum absolute atomic E-state index is 5.91. The molecule has 1 aromatic heterocycles. The summed E-state index contributed by atoms with van der Waals surface area (Å²) in [6.07, 6.45) is 4.73. The van der Waals surface area contributed by atoms with Gasteiger partial charge in [-0.25, -0.2) is 0 Å². The third-order valence-corrected chi connectivity index (χ3v) is 4.32. The summed E-state index contributed by atoms with van der Waals surface area (Å²) in [4.78, 5) is 4.26. The lowest BCUT2D eigenvalue weighted by atomic mass is 10.2. The molecule has 3 aromatic rings. The third-order valence-electron chi connectivity index (χ3n) is 4.32. The molecule has 0 aliphatic carbocycles. The first-order chi connectivity index (χ1) is 14.3. The Morgan fingerprint density at radius 2 is 1.80 bits per heavy atom. The molecule has 2 aromatic carbocycles. The Morgan fingerprint density at radius 3 is 2.47 bits per heavy atom. The summed E-state index contributed by atoms with van der Waals surface area (Å²) in [6, 6.07) is 17.5. The molecule has 0 saturated carbocycles. The van der Waals surface area contributed by atoms with Gasteiger partial charge in [-0.1, -0.05) is 24.3 Å². The Balaban J connectivity index is 0.00000320. The largest absolute Gasteiger partial charge is 0.493 e. The Hall–Kier alpha value is -2.75. The fourth-order valence-corrected chi connectivity index (χ4v) is 2.79. The van der Waals surface area contributed by atoms with Gasteiger partial charge in [0, 0.05) is 39.1 Å². The van der Waals surface area contributed by atoms with Crippen LogP contribution in [0.3, 0.4) is 0 Å². The molecule has 0 unspecified atom stereocenters. The van der Waals surface area contributed by atoms with E-state index in [1.807, 2.05) is 65.5 Å². The quantitative estimate of drug-likeness (QED) is 0.192. The van der Waals surface area contributed by atoms with Gasteiger partial charge in [-0.15, -0.1) is 24.0 Å². The Labute approximate surface area is 194 Å². The molecule has 1 heterocycles. The molecule has 0 spiro atoms. The summed E-state index contributed by atoms with van der Waals surface area (Å²) in [5.41, 5.74) is 1.14. The summed E-state index contributed by atoms with van der Waals surface area (Å²) in [6.45, 7) is 2.38. The van der Waals surface area contributed by atoms with Crippen LogP contribution in [-0.2, 0) is 13.1 Å². The highest BCUT2D eigenvalue weighted by Crippen LogP contribution is 2.30. The van der Waals surface area contributed by atoms with Crippen molar-refractivity contribution >= 4 is 29.9 Å². The highest BCUT2D eigenvalue weighted by molar-refractivity contribution is 14.0. The van der Waals surface area contributed by atoms with Crippen molar-refractivity contribution in [3.8, 4) is 17.2 Å². The Bertz CT molecular complexity index is 898. The second kappa shape index (κ2) is 12.7. The van der Waals surface area contributed by atoms with Crippen molar-refractivity contribution < 1.29 is 9.47 Å². The van der Waals surface area contributed by atoms with Crippen molar-refractivity contribution in [1.82, 2.24) is 20.4 Å². The van der Waals surface area contributed by atoms with E-state index in [9.17, 15) is 0 Å². The van der Waals surface area contributed by atoms with Crippen molar-refractivity contribution in [2.24, 2.45) is 4.99 Å². The predicted octanol–water partition coefficient (Wildman–Crippen LogP) is 4.06. The summed E-state index contributed by atoms with van der Waals surface area (Å²) < 4.78 is 13.2. The molecule has 2 N–H and O–H groups in total. The van der Waals surface area contributed by atoms with Gasteiger partial charge in [-0.2, -0.15) is 5.10 Å². The average molecular weight is 521 g/mol. The molecule has 3 rings (SSSR count). The third kappa shape index (κ3) is 7.25. The van der Waals surface area contributed by atoms with E-state index in [-0.39, 0.29) is 24.0 Å². The van der Waals surface area contributed by atoms with Crippen LogP contribution in [0.15, 0.2) is 72.0 Å². The van der Waals surface area contributed by atoms with E-state index in [1.165, 1.54) is 0 Å². The molecule has 0 amide bonds. The SMILES string of the molecule is CN=C(NCCCn1cccn1)NCc1ccc(Oc2ccccc2OC)cc1.I. The maximum atomic E-state index is 5.91. The molecule has 30 heavy (non-hydrogen) atoms. The van der Waals surface area contributed by atoms with Crippen molar-refractivity contribution in [2.45, 2.75) is 19.5 Å². The molecule has 0 radical (unpaired) electrons. The Kier molecular flexibility index (Phi) is 9.99. The second-order valence-electron chi connectivity index (χ2n) is 6.37. The van der Waals surface area contributed by atoms with Crippen LogP contribution in [0.2, 0.25) is 0 Å². The number of aromatic nitrogens is 2. The van der Waals surface area contributed by atoms with E-state index in [0.29, 0.717) is 18.0 Å². The number of nitrogens with one attached hydrogen (secondary N) is 2. The van der Waals surface area contributed by atoms with E-state index < -0.39 is 0 Å². The topological polar surface area (TPSA) is 72.7 Å². The number of halogens is 1. The van der Waals surface area contributed by atoms with E-state index in [2.05, 4.69) is 20.7 Å². The highest BCUT2D eigenvalue weighted by Gasteiger charge is 2.05.